The minimum Gasteiger partial charge on any atom is -0.313 e. The number of benzene rings is 1. The average Bonchev–Trinajstić information content (AvgIpc) is 2.86. The maximum absolute atomic E-state index is 6.05. The van der Waals surface area contributed by atoms with Crippen LogP contribution in [0.2, 0.25) is 10.0 Å². The molecular weight excluding hydrogens is 267 g/mol. The summed E-state index contributed by atoms with van der Waals surface area (Å²) in [7, 11) is 0. The highest BCUT2D eigenvalue weighted by Crippen LogP contribution is 2.23. The van der Waals surface area contributed by atoms with E-state index in [4.69, 9.17) is 23.2 Å². The lowest BCUT2D eigenvalue weighted by Crippen LogP contribution is -2.37. The van der Waals surface area contributed by atoms with Crippen molar-refractivity contribution in [1.82, 2.24) is 10.2 Å². The van der Waals surface area contributed by atoms with Crippen molar-refractivity contribution in [2.24, 2.45) is 0 Å². The summed E-state index contributed by atoms with van der Waals surface area (Å²) in [5.41, 5.74) is 1.23. The molecule has 0 radical (unpaired) electrons. The number of nitrogens with one attached hydrogen (secondary N) is 1. The highest BCUT2D eigenvalue weighted by Gasteiger charge is 2.17. The molecule has 1 aliphatic rings. The van der Waals surface area contributed by atoms with Crippen LogP contribution < -0.4 is 5.32 Å². The fraction of sp³-hybridized carbons (Fsp3) is 0.571. The molecule has 0 aliphatic carbocycles. The van der Waals surface area contributed by atoms with Gasteiger partial charge in [-0.3, -0.25) is 4.90 Å². The van der Waals surface area contributed by atoms with Crippen LogP contribution in [0.5, 0.6) is 0 Å². The van der Waals surface area contributed by atoms with Crippen molar-refractivity contribution in [1.29, 1.82) is 0 Å². The molecule has 1 heterocycles. The van der Waals surface area contributed by atoms with Gasteiger partial charge in [-0.15, -0.1) is 0 Å². The van der Waals surface area contributed by atoms with Crippen LogP contribution in [0.25, 0.3) is 0 Å². The van der Waals surface area contributed by atoms with Gasteiger partial charge >= 0.3 is 0 Å². The predicted molar refractivity (Wildman–Crippen MR) is 78.4 cm³/mol. The van der Waals surface area contributed by atoms with Gasteiger partial charge in [0.2, 0.25) is 0 Å². The summed E-state index contributed by atoms with van der Waals surface area (Å²) in [5, 5.41) is 4.81. The molecular formula is C14H20Cl2N2. The summed E-state index contributed by atoms with van der Waals surface area (Å²) < 4.78 is 0. The van der Waals surface area contributed by atoms with E-state index in [1.165, 1.54) is 18.4 Å². The van der Waals surface area contributed by atoms with E-state index in [2.05, 4.69) is 23.2 Å². The summed E-state index contributed by atoms with van der Waals surface area (Å²) >= 11 is 12.0. The Morgan fingerprint density at radius 2 is 2.17 bits per heavy atom. The van der Waals surface area contributed by atoms with Crippen LogP contribution in [0.15, 0.2) is 18.2 Å². The number of rotatable bonds is 5. The standard InChI is InChI=1S/C14H20Cl2N2/c1-2-18(10-12-4-3-7-17-12)9-11-5-6-13(15)14(16)8-11/h5-6,8,12,17H,2-4,7,9-10H2,1H3. The summed E-state index contributed by atoms with van der Waals surface area (Å²) in [6.07, 6.45) is 2.59. The van der Waals surface area contributed by atoms with E-state index >= 15 is 0 Å². The first-order chi connectivity index (χ1) is 8.69. The zero-order valence-electron chi connectivity index (χ0n) is 10.8. The van der Waals surface area contributed by atoms with E-state index in [1.807, 2.05) is 12.1 Å². The zero-order valence-corrected chi connectivity index (χ0v) is 12.3. The van der Waals surface area contributed by atoms with Gasteiger partial charge in [0.05, 0.1) is 10.0 Å². The highest BCUT2D eigenvalue weighted by molar-refractivity contribution is 6.42. The molecule has 1 unspecified atom stereocenters. The van der Waals surface area contributed by atoms with Crippen LogP contribution in [-0.2, 0) is 6.54 Å². The highest BCUT2D eigenvalue weighted by atomic mass is 35.5. The molecule has 0 saturated carbocycles. The van der Waals surface area contributed by atoms with Crippen LogP contribution in [0, 0.1) is 0 Å². The molecule has 0 amide bonds. The Morgan fingerprint density at radius 1 is 1.33 bits per heavy atom. The van der Waals surface area contributed by atoms with Crippen LogP contribution in [0.4, 0.5) is 0 Å². The van der Waals surface area contributed by atoms with E-state index in [9.17, 15) is 0 Å². The first kappa shape index (κ1) is 14.1. The van der Waals surface area contributed by atoms with E-state index < -0.39 is 0 Å². The molecule has 2 nitrogen and oxygen atoms in total. The van der Waals surface area contributed by atoms with Crippen LogP contribution >= 0.6 is 23.2 Å². The second-order valence-electron chi connectivity index (χ2n) is 4.87. The maximum atomic E-state index is 6.05. The lowest BCUT2D eigenvalue weighted by Gasteiger charge is -2.24. The molecule has 0 bridgehead atoms. The van der Waals surface area contributed by atoms with E-state index in [0.717, 1.165) is 26.2 Å². The van der Waals surface area contributed by atoms with Crippen LogP contribution in [0.1, 0.15) is 25.3 Å². The molecule has 1 aromatic carbocycles. The molecule has 1 aliphatic heterocycles. The molecule has 1 aromatic rings. The zero-order chi connectivity index (χ0) is 13.0. The Hall–Kier alpha value is -0.280. The molecule has 100 valence electrons. The molecule has 0 spiro atoms. The monoisotopic (exact) mass is 286 g/mol. The Labute approximate surface area is 119 Å². The first-order valence-electron chi connectivity index (χ1n) is 6.58. The Bertz CT molecular complexity index is 389. The lowest BCUT2D eigenvalue weighted by atomic mass is 10.1. The summed E-state index contributed by atoms with van der Waals surface area (Å²) in [6, 6.07) is 6.54. The summed E-state index contributed by atoms with van der Waals surface area (Å²) in [6.45, 7) is 6.46. The van der Waals surface area contributed by atoms with Crippen molar-refractivity contribution in [3.63, 3.8) is 0 Å². The second kappa shape index (κ2) is 6.76. The van der Waals surface area contributed by atoms with Gasteiger partial charge in [-0.2, -0.15) is 0 Å². The molecule has 2 rings (SSSR count). The summed E-state index contributed by atoms with van der Waals surface area (Å²) in [5.74, 6) is 0. The van der Waals surface area contributed by atoms with E-state index in [-0.39, 0.29) is 0 Å². The smallest absolute Gasteiger partial charge is 0.0595 e. The predicted octanol–water partition coefficient (Wildman–Crippen LogP) is 3.57. The van der Waals surface area contributed by atoms with Crippen molar-refractivity contribution < 1.29 is 0 Å². The lowest BCUT2D eigenvalue weighted by molar-refractivity contribution is 0.253. The van der Waals surface area contributed by atoms with Crippen molar-refractivity contribution in [3.05, 3.63) is 33.8 Å². The van der Waals surface area contributed by atoms with Gasteiger partial charge in [-0.05, 0) is 43.6 Å². The maximum Gasteiger partial charge on any atom is 0.0595 e. The van der Waals surface area contributed by atoms with Gasteiger partial charge in [0, 0.05) is 19.1 Å². The Kier molecular flexibility index (Phi) is 5.31. The van der Waals surface area contributed by atoms with E-state index in [0.29, 0.717) is 16.1 Å². The quantitative estimate of drug-likeness (QED) is 0.890. The minimum absolute atomic E-state index is 0.626. The number of likely N-dealkylation sites (N-methyl/N-ethyl adjacent to an activating group) is 1. The number of hydrogen-bond donors (Lipinski definition) is 1. The third-order valence-corrected chi connectivity index (χ3v) is 4.22. The molecule has 0 aromatic heterocycles. The summed E-state index contributed by atoms with van der Waals surface area (Å²) in [4.78, 5) is 2.45. The van der Waals surface area contributed by atoms with Gasteiger partial charge in [0.1, 0.15) is 0 Å². The molecule has 1 N–H and O–H groups in total. The van der Waals surface area contributed by atoms with Crippen molar-refractivity contribution in [3.8, 4) is 0 Å². The molecule has 4 heteroatoms. The van der Waals surface area contributed by atoms with Gasteiger partial charge in [-0.25, -0.2) is 0 Å². The van der Waals surface area contributed by atoms with Gasteiger partial charge in [0.15, 0.2) is 0 Å². The Morgan fingerprint density at radius 3 is 2.78 bits per heavy atom. The van der Waals surface area contributed by atoms with Crippen molar-refractivity contribution in [2.45, 2.75) is 32.4 Å². The first-order valence-corrected chi connectivity index (χ1v) is 7.34. The SMILES string of the molecule is CCN(Cc1ccc(Cl)c(Cl)c1)CC1CCCN1. The van der Waals surface area contributed by atoms with Crippen LogP contribution in [0.3, 0.4) is 0 Å². The van der Waals surface area contributed by atoms with Crippen LogP contribution in [-0.4, -0.2) is 30.6 Å². The largest absolute Gasteiger partial charge is 0.313 e. The van der Waals surface area contributed by atoms with E-state index in [1.54, 1.807) is 0 Å². The minimum atomic E-state index is 0.626. The molecule has 18 heavy (non-hydrogen) atoms. The topological polar surface area (TPSA) is 15.3 Å². The number of halogens is 2. The normalized spacial score (nSPS) is 19.7. The molecule has 1 saturated heterocycles. The third-order valence-electron chi connectivity index (χ3n) is 3.48. The fourth-order valence-corrected chi connectivity index (χ4v) is 2.75. The number of hydrogen-bond acceptors (Lipinski definition) is 2. The number of nitrogens with zero attached hydrogens (tertiary/aromatic N) is 1. The van der Waals surface area contributed by atoms with Gasteiger partial charge in [0.25, 0.3) is 0 Å². The fourth-order valence-electron chi connectivity index (χ4n) is 2.43. The average molecular weight is 287 g/mol. The molecule has 1 fully saturated rings. The third kappa shape index (κ3) is 3.86. The Balaban J connectivity index is 1.94. The molecule has 1 atom stereocenters. The second-order valence-corrected chi connectivity index (χ2v) is 5.68. The van der Waals surface area contributed by atoms with Crippen molar-refractivity contribution in [2.75, 3.05) is 19.6 Å². The van der Waals surface area contributed by atoms with Crippen molar-refractivity contribution >= 4 is 23.2 Å². The van der Waals surface area contributed by atoms with Gasteiger partial charge in [-0.1, -0.05) is 36.2 Å². The van der Waals surface area contributed by atoms with Gasteiger partial charge < -0.3 is 5.32 Å².